The molecule has 1 spiro atoms. The number of aliphatic hydroxyl groups is 1. The van der Waals surface area contributed by atoms with Gasteiger partial charge in [0.25, 0.3) is 5.69 Å². The zero-order valence-corrected chi connectivity index (χ0v) is 27.4. The van der Waals surface area contributed by atoms with E-state index in [2.05, 4.69) is 17.2 Å². The number of anilines is 1. The van der Waals surface area contributed by atoms with Crippen LogP contribution in [0.25, 0.3) is 0 Å². The number of carbonyl (C=O) groups is 2. The molecule has 0 bridgehead atoms. The molecule has 10 nitrogen and oxygen atoms in total. The topological polar surface area (TPSA) is 134 Å². The summed E-state index contributed by atoms with van der Waals surface area (Å²) in [5.41, 5.74) is -0.712. The van der Waals surface area contributed by atoms with Gasteiger partial charge in [-0.2, -0.15) is 0 Å². The molecule has 0 unspecified atom stereocenters. The van der Waals surface area contributed by atoms with Gasteiger partial charge in [-0.3, -0.25) is 19.8 Å². The fourth-order valence-corrected chi connectivity index (χ4v) is 7.72. The maximum Gasteiger partial charge on any atom is 0.338 e. The SMILES string of the molecule is C=C(Cl)/C=C\C=C(/F)[C@H]1[C@H](NCc2ccc(C(=O)OC)cc2[N+](=O)[O-])[C@H](CO)N(CC2CCCCC2)[C@@]12C(=O)Nc1cc(Cl)ccc12. The second kappa shape index (κ2) is 14.7. The lowest BCUT2D eigenvalue weighted by atomic mass is 9.76. The predicted octanol–water partition coefficient (Wildman–Crippen LogP) is 6.38. The molecule has 250 valence electrons. The van der Waals surface area contributed by atoms with Gasteiger partial charge in [0, 0.05) is 52.1 Å². The van der Waals surface area contributed by atoms with E-state index < -0.39 is 52.8 Å². The maximum atomic E-state index is 16.9. The third-order valence-electron chi connectivity index (χ3n) is 9.49. The third-order valence-corrected chi connectivity index (χ3v) is 9.85. The molecule has 3 aliphatic rings. The van der Waals surface area contributed by atoms with E-state index in [9.17, 15) is 24.8 Å². The monoisotopic (exact) mass is 686 g/mol. The van der Waals surface area contributed by atoms with E-state index in [-0.39, 0.29) is 34.3 Å². The predicted molar refractivity (Wildman–Crippen MR) is 178 cm³/mol. The number of ether oxygens (including phenoxy) is 1. The van der Waals surface area contributed by atoms with Crippen LogP contribution in [0.15, 0.2) is 72.1 Å². The number of hydrogen-bond donors (Lipinski definition) is 3. The molecular formula is C34H37Cl2FN4O6. The number of nitrogens with one attached hydrogen (secondary N) is 2. The fraction of sp³-hybridized carbons (Fsp3) is 0.412. The second-order valence-electron chi connectivity index (χ2n) is 12.2. The van der Waals surface area contributed by atoms with E-state index in [4.69, 9.17) is 27.9 Å². The van der Waals surface area contributed by atoms with Gasteiger partial charge < -0.3 is 20.5 Å². The van der Waals surface area contributed by atoms with Gasteiger partial charge in [-0.05, 0) is 49.1 Å². The van der Waals surface area contributed by atoms with Crippen molar-refractivity contribution in [1.82, 2.24) is 10.2 Å². The highest BCUT2D eigenvalue weighted by atomic mass is 35.5. The Morgan fingerprint density at radius 1 is 1.28 bits per heavy atom. The smallest absolute Gasteiger partial charge is 0.338 e. The Hall–Kier alpha value is -3.61. The highest BCUT2D eigenvalue weighted by Gasteiger charge is 2.67. The standard InChI is InChI=1S/C34H37Cl2FN4O6/c1-20(35)7-6-10-26(37)30-31(38-17-23-12-11-22(32(43)47-2)15-28(23)41(45)46)29(19-42)40(18-21-8-4-3-5-9-21)34(30)25-14-13-24(36)16-27(25)39-33(34)44/h6-7,10-16,21,29-31,38,42H,1,3-5,8-9,17-19H2,2H3,(H,39,44)/b7-6-,26-10-/t29-,30-,31+,34+/m0/s1. The first kappa shape index (κ1) is 34.7. The summed E-state index contributed by atoms with van der Waals surface area (Å²) in [6.45, 7) is 3.48. The number of nitro benzene ring substituents is 1. The number of fused-ring (bicyclic) bond motifs is 2. The van der Waals surface area contributed by atoms with Gasteiger partial charge in [-0.1, -0.05) is 67.3 Å². The van der Waals surface area contributed by atoms with Gasteiger partial charge in [-0.25, -0.2) is 9.18 Å². The van der Waals surface area contributed by atoms with Crippen LogP contribution in [0.3, 0.4) is 0 Å². The quantitative estimate of drug-likeness (QED) is 0.107. The van der Waals surface area contributed by atoms with Crippen molar-refractivity contribution in [2.24, 2.45) is 11.8 Å². The largest absolute Gasteiger partial charge is 0.465 e. The lowest BCUT2D eigenvalue weighted by Crippen LogP contribution is -2.54. The van der Waals surface area contributed by atoms with Crippen LogP contribution in [-0.4, -0.2) is 59.2 Å². The molecule has 3 N–H and O–H groups in total. The minimum Gasteiger partial charge on any atom is -0.465 e. The first-order chi connectivity index (χ1) is 22.5. The molecule has 2 aromatic rings. The average molecular weight is 688 g/mol. The summed E-state index contributed by atoms with van der Waals surface area (Å²) in [5, 5.41) is 29.8. The lowest BCUT2D eigenvalue weighted by Gasteiger charge is -2.41. The van der Waals surface area contributed by atoms with Crippen LogP contribution >= 0.6 is 23.2 Å². The maximum absolute atomic E-state index is 16.9. The van der Waals surface area contributed by atoms with Crippen LogP contribution in [0.5, 0.6) is 0 Å². The number of carbonyl (C=O) groups excluding carboxylic acids is 2. The molecule has 2 aliphatic heterocycles. The van der Waals surface area contributed by atoms with E-state index in [1.54, 1.807) is 18.2 Å². The van der Waals surface area contributed by atoms with Crippen molar-refractivity contribution in [1.29, 1.82) is 0 Å². The molecule has 0 aromatic heterocycles. The number of benzene rings is 2. The van der Waals surface area contributed by atoms with E-state index in [0.717, 1.165) is 38.2 Å². The molecule has 1 amide bonds. The van der Waals surface area contributed by atoms with Crippen LogP contribution in [0.4, 0.5) is 15.8 Å². The van der Waals surface area contributed by atoms with Crippen molar-refractivity contribution in [2.45, 2.75) is 56.3 Å². The number of methoxy groups -OCH3 is 1. The molecule has 1 saturated carbocycles. The summed E-state index contributed by atoms with van der Waals surface area (Å²) < 4.78 is 21.6. The number of nitrogens with zero attached hydrogens (tertiary/aromatic N) is 2. The van der Waals surface area contributed by atoms with Gasteiger partial charge in [0.1, 0.15) is 11.4 Å². The molecule has 2 aromatic carbocycles. The van der Waals surface area contributed by atoms with Crippen molar-refractivity contribution in [3.8, 4) is 0 Å². The van der Waals surface area contributed by atoms with Crippen molar-refractivity contribution in [2.75, 3.05) is 25.6 Å². The normalized spacial score (nSPS) is 24.9. The number of esters is 1. The van der Waals surface area contributed by atoms with Crippen LogP contribution < -0.4 is 10.6 Å². The zero-order chi connectivity index (χ0) is 33.9. The van der Waals surface area contributed by atoms with Gasteiger partial charge in [0.05, 0.1) is 36.2 Å². The average Bonchev–Trinajstić information content (AvgIpc) is 3.49. The van der Waals surface area contributed by atoms with Crippen LogP contribution in [0, 0.1) is 22.0 Å². The molecule has 0 radical (unpaired) electrons. The molecule has 5 rings (SSSR count). The van der Waals surface area contributed by atoms with Crippen molar-refractivity contribution in [3.05, 3.63) is 104 Å². The van der Waals surface area contributed by atoms with Crippen molar-refractivity contribution in [3.63, 3.8) is 0 Å². The van der Waals surface area contributed by atoms with Gasteiger partial charge in [0.2, 0.25) is 5.91 Å². The van der Waals surface area contributed by atoms with E-state index in [1.165, 1.54) is 37.5 Å². The number of amides is 1. The summed E-state index contributed by atoms with van der Waals surface area (Å²) in [5.74, 6) is -2.82. The Morgan fingerprint density at radius 2 is 2.02 bits per heavy atom. The highest BCUT2D eigenvalue weighted by molar-refractivity contribution is 6.31. The van der Waals surface area contributed by atoms with E-state index >= 15 is 4.39 Å². The highest BCUT2D eigenvalue weighted by Crippen LogP contribution is 2.56. The van der Waals surface area contributed by atoms with Gasteiger partial charge in [-0.15, -0.1) is 0 Å². The molecule has 4 atom stereocenters. The van der Waals surface area contributed by atoms with E-state index in [0.29, 0.717) is 22.8 Å². The summed E-state index contributed by atoms with van der Waals surface area (Å²) in [4.78, 5) is 39.8. The van der Waals surface area contributed by atoms with Gasteiger partial charge in [0.15, 0.2) is 0 Å². The first-order valence-electron chi connectivity index (χ1n) is 15.5. The van der Waals surface area contributed by atoms with Crippen molar-refractivity contribution >= 4 is 46.5 Å². The number of halogens is 3. The summed E-state index contributed by atoms with van der Waals surface area (Å²) in [7, 11) is 1.18. The molecule has 1 aliphatic carbocycles. The first-order valence-corrected chi connectivity index (χ1v) is 16.2. The Kier molecular flexibility index (Phi) is 10.8. The van der Waals surface area contributed by atoms with E-state index in [1.807, 2.05) is 4.90 Å². The third kappa shape index (κ3) is 6.73. The summed E-state index contributed by atoms with van der Waals surface area (Å²) >= 11 is 12.2. The number of likely N-dealkylation sites (tertiary alicyclic amines) is 1. The number of nitro groups is 1. The molecule has 47 heavy (non-hydrogen) atoms. The number of allylic oxidation sites excluding steroid dienone is 4. The minimum absolute atomic E-state index is 0.00655. The number of aliphatic hydroxyl groups excluding tert-OH is 1. The Morgan fingerprint density at radius 3 is 2.68 bits per heavy atom. The zero-order valence-electron chi connectivity index (χ0n) is 25.9. The van der Waals surface area contributed by atoms with Gasteiger partial charge >= 0.3 is 5.97 Å². The van der Waals surface area contributed by atoms with Crippen LogP contribution in [-0.2, 0) is 21.6 Å². The Bertz CT molecular complexity index is 1630. The number of rotatable bonds is 11. The number of hydrogen-bond acceptors (Lipinski definition) is 8. The van der Waals surface area contributed by atoms with Crippen LogP contribution in [0.2, 0.25) is 5.02 Å². The summed E-state index contributed by atoms with van der Waals surface area (Å²) in [6, 6.07) is 7.30. The molecule has 2 heterocycles. The summed E-state index contributed by atoms with van der Waals surface area (Å²) in [6.07, 6.45) is 9.09. The molecular weight excluding hydrogens is 650 g/mol. The molecule has 13 heteroatoms. The lowest BCUT2D eigenvalue weighted by molar-refractivity contribution is -0.385. The Balaban J connectivity index is 1.65. The Labute approximate surface area is 282 Å². The molecule has 1 saturated heterocycles. The fourth-order valence-electron chi connectivity index (χ4n) is 7.47. The minimum atomic E-state index is -1.59. The second-order valence-corrected chi connectivity index (χ2v) is 13.1. The van der Waals surface area contributed by atoms with Crippen molar-refractivity contribution < 1.29 is 28.7 Å². The molecule has 2 fully saturated rings. The van der Waals surface area contributed by atoms with Crippen LogP contribution in [0.1, 0.15) is 53.6 Å².